The number of benzene rings is 2. The number of aliphatic hydroxyl groups is 5. The van der Waals surface area contributed by atoms with Gasteiger partial charge in [-0.3, -0.25) is 0 Å². The average Bonchev–Trinajstić information content (AvgIpc) is 2.73. The van der Waals surface area contributed by atoms with E-state index in [2.05, 4.69) is 0 Å². The van der Waals surface area contributed by atoms with E-state index in [1.165, 1.54) is 0 Å². The Bertz CT molecular complexity index is 880. The normalized spacial score (nSPS) is 30.7. The van der Waals surface area contributed by atoms with Crippen LogP contribution in [0, 0.1) is 0 Å². The van der Waals surface area contributed by atoms with Gasteiger partial charge < -0.3 is 30.3 Å². The standard InChI is InChI=1S/C23H27ClO6/c24-17-7-4-14(22-21(28)20(27)19(26)18(12-25)30-22)11-15(17)10-13-2-5-16(6-3-13)23(29)8-1-9-23/h2-7,11,18-22,25-29H,1,8-10,12H2/t18-,19-,20+,21-,22+/m1/s1. The van der Waals surface area contributed by atoms with Gasteiger partial charge in [-0.15, -0.1) is 0 Å². The molecule has 1 aliphatic heterocycles. The van der Waals surface area contributed by atoms with Gasteiger partial charge in [-0.2, -0.15) is 0 Å². The van der Waals surface area contributed by atoms with Gasteiger partial charge in [0.15, 0.2) is 0 Å². The summed E-state index contributed by atoms with van der Waals surface area (Å²) in [5, 5.41) is 50.9. The number of aliphatic hydroxyl groups excluding tert-OH is 4. The first-order valence-corrected chi connectivity index (χ1v) is 10.6. The largest absolute Gasteiger partial charge is 0.394 e. The van der Waals surface area contributed by atoms with Crippen molar-refractivity contribution in [2.45, 2.75) is 61.8 Å². The van der Waals surface area contributed by atoms with Gasteiger partial charge in [0.2, 0.25) is 0 Å². The van der Waals surface area contributed by atoms with E-state index in [4.69, 9.17) is 16.3 Å². The fraction of sp³-hybridized carbons (Fsp3) is 0.478. The first-order chi connectivity index (χ1) is 14.3. The molecule has 5 atom stereocenters. The molecule has 0 unspecified atom stereocenters. The monoisotopic (exact) mass is 434 g/mol. The Morgan fingerprint density at radius 1 is 0.967 bits per heavy atom. The molecular weight excluding hydrogens is 408 g/mol. The molecule has 2 fully saturated rings. The Morgan fingerprint density at radius 3 is 2.27 bits per heavy atom. The minimum Gasteiger partial charge on any atom is -0.394 e. The topological polar surface area (TPSA) is 110 Å². The van der Waals surface area contributed by atoms with E-state index in [1.54, 1.807) is 12.1 Å². The lowest BCUT2D eigenvalue weighted by Gasteiger charge is -2.40. The van der Waals surface area contributed by atoms with Gasteiger partial charge >= 0.3 is 0 Å². The van der Waals surface area contributed by atoms with E-state index < -0.39 is 42.7 Å². The maximum Gasteiger partial charge on any atom is 0.113 e. The van der Waals surface area contributed by atoms with Crippen molar-refractivity contribution < 1.29 is 30.3 Å². The number of hydrogen-bond donors (Lipinski definition) is 5. The van der Waals surface area contributed by atoms with Crippen LogP contribution >= 0.6 is 11.6 Å². The Balaban J connectivity index is 1.55. The lowest BCUT2D eigenvalue weighted by Crippen LogP contribution is -2.55. The molecule has 1 saturated heterocycles. The van der Waals surface area contributed by atoms with Gasteiger partial charge in [-0.1, -0.05) is 48.0 Å². The quantitative estimate of drug-likeness (QED) is 0.491. The van der Waals surface area contributed by atoms with Crippen molar-refractivity contribution in [2.24, 2.45) is 0 Å². The second kappa shape index (κ2) is 8.55. The third-order valence-electron chi connectivity index (χ3n) is 6.36. The molecule has 2 aliphatic rings. The summed E-state index contributed by atoms with van der Waals surface area (Å²) < 4.78 is 5.65. The molecule has 1 saturated carbocycles. The molecule has 162 valence electrons. The first kappa shape index (κ1) is 21.7. The van der Waals surface area contributed by atoms with Crippen molar-refractivity contribution in [2.75, 3.05) is 6.61 Å². The van der Waals surface area contributed by atoms with Crippen LogP contribution in [-0.4, -0.2) is 56.6 Å². The Kier molecular flexibility index (Phi) is 6.19. The molecule has 0 radical (unpaired) electrons. The molecule has 2 aromatic rings. The van der Waals surface area contributed by atoms with Crippen LogP contribution in [0.4, 0.5) is 0 Å². The molecule has 0 spiro atoms. The lowest BCUT2D eigenvalue weighted by molar-refractivity contribution is -0.231. The van der Waals surface area contributed by atoms with Crippen LogP contribution in [0.2, 0.25) is 5.02 Å². The fourth-order valence-corrected chi connectivity index (χ4v) is 4.42. The summed E-state index contributed by atoms with van der Waals surface area (Å²) in [5.74, 6) is 0. The van der Waals surface area contributed by atoms with Crippen LogP contribution in [0.5, 0.6) is 0 Å². The second-order valence-corrected chi connectivity index (χ2v) is 8.77. The van der Waals surface area contributed by atoms with Crippen molar-refractivity contribution in [3.63, 3.8) is 0 Å². The van der Waals surface area contributed by atoms with Gasteiger partial charge in [-0.05, 0) is 54.0 Å². The molecular formula is C23H27ClO6. The van der Waals surface area contributed by atoms with Crippen LogP contribution < -0.4 is 0 Å². The van der Waals surface area contributed by atoms with Crippen LogP contribution in [0.15, 0.2) is 42.5 Å². The molecule has 30 heavy (non-hydrogen) atoms. The molecule has 1 aliphatic carbocycles. The highest BCUT2D eigenvalue weighted by molar-refractivity contribution is 6.31. The molecule has 4 rings (SSSR count). The number of ether oxygens (including phenoxy) is 1. The fourth-order valence-electron chi connectivity index (χ4n) is 4.24. The van der Waals surface area contributed by atoms with Crippen molar-refractivity contribution in [3.05, 3.63) is 69.7 Å². The van der Waals surface area contributed by atoms with E-state index in [0.717, 1.165) is 36.0 Å². The third kappa shape index (κ3) is 4.01. The van der Waals surface area contributed by atoms with E-state index in [-0.39, 0.29) is 0 Å². The molecule has 0 bridgehead atoms. The van der Waals surface area contributed by atoms with Gasteiger partial charge in [0.25, 0.3) is 0 Å². The van der Waals surface area contributed by atoms with E-state index in [1.807, 2.05) is 30.3 Å². The van der Waals surface area contributed by atoms with Gasteiger partial charge in [0.05, 0.1) is 12.2 Å². The second-order valence-electron chi connectivity index (χ2n) is 8.36. The van der Waals surface area contributed by atoms with Crippen LogP contribution in [-0.2, 0) is 16.8 Å². The summed E-state index contributed by atoms with van der Waals surface area (Å²) in [5.41, 5.74) is 2.68. The molecule has 0 aromatic heterocycles. The van der Waals surface area contributed by atoms with Crippen LogP contribution in [0.3, 0.4) is 0 Å². The summed E-state index contributed by atoms with van der Waals surface area (Å²) >= 11 is 6.39. The van der Waals surface area contributed by atoms with Crippen molar-refractivity contribution >= 4 is 11.6 Å². The maximum atomic E-state index is 10.5. The highest BCUT2D eigenvalue weighted by Gasteiger charge is 2.44. The maximum absolute atomic E-state index is 10.5. The zero-order chi connectivity index (χ0) is 21.5. The predicted molar refractivity (Wildman–Crippen MR) is 111 cm³/mol. The van der Waals surface area contributed by atoms with Crippen molar-refractivity contribution in [1.29, 1.82) is 0 Å². The third-order valence-corrected chi connectivity index (χ3v) is 6.73. The SMILES string of the molecule is OC[C@H]1O[C@@H](c2ccc(Cl)c(Cc3ccc(C4(O)CCC4)cc3)c2)[C@H](O)[C@@H](O)[C@@H]1O. The summed E-state index contributed by atoms with van der Waals surface area (Å²) in [7, 11) is 0. The Labute approximate surface area is 180 Å². The van der Waals surface area contributed by atoms with Gasteiger partial charge in [0.1, 0.15) is 30.5 Å². The molecule has 5 N–H and O–H groups in total. The van der Waals surface area contributed by atoms with E-state index in [0.29, 0.717) is 17.0 Å². The summed E-state index contributed by atoms with van der Waals surface area (Å²) in [4.78, 5) is 0. The predicted octanol–water partition coefficient (Wildman–Crippen LogP) is 1.82. The van der Waals surface area contributed by atoms with E-state index >= 15 is 0 Å². The van der Waals surface area contributed by atoms with Gasteiger partial charge in [0, 0.05) is 5.02 Å². The molecule has 7 heteroatoms. The number of hydrogen-bond acceptors (Lipinski definition) is 6. The minimum absolute atomic E-state index is 0.472. The van der Waals surface area contributed by atoms with Crippen LogP contribution in [0.25, 0.3) is 0 Å². The smallest absolute Gasteiger partial charge is 0.113 e. The number of rotatable bonds is 5. The summed E-state index contributed by atoms with van der Waals surface area (Å²) in [6.45, 7) is -0.472. The Hall–Kier alpha value is -1.51. The van der Waals surface area contributed by atoms with Gasteiger partial charge in [-0.25, -0.2) is 0 Å². The highest BCUT2D eigenvalue weighted by atomic mass is 35.5. The molecule has 6 nitrogen and oxygen atoms in total. The molecule has 2 aromatic carbocycles. The Morgan fingerprint density at radius 2 is 1.67 bits per heavy atom. The first-order valence-electron chi connectivity index (χ1n) is 10.2. The molecule has 0 amide bonds. The highest BCUT2D eigenvalue weighted by Crippen LogP contribution is 2.41. The summed E-state index contributed by atoms with van der Waals surface area (Å²) in [6.07, 6.45) is -2.84. The minimum atomic E-state index is -1.43. The van der Waals surface area contributed by atoms with Crippen molar-refractivity contribution in [3.8, 4) is 0 Å². The van der Waals surface area contributed by atoms with E-state index in [9.17, 15) is 25.5 Å². The summed E-state index contributed by atoms with van der Waals surface area (Å²) in [6, 6.07) is 13.1. The average molecular weight is 435 g/mol. The zero-order valence-corrected chi connectivity index (χ0v) is 17.2. The zero-order valence-electron chi connectivity index (χ0n) is 16.5. The lowest BCUT2D eigenvalue weighted by atomic mass is 9.75. The number of halogens is 1. The van der Waals surface area contributed by atoms with Crippen LogP contribution in [0.1, 0.15) is 47.6 Å². The molecule has 1 heterocycles. The van der Waals surface area contributed by atoms with Crippen molar-refractivity contribution in [1.82, 2.24) is 0 Å².